The van der Waals surface area contributed by atoms with Crippen molar-refractivity contribution in [1.82, 2.24) is 4.98 Å². The number of hydrogen-bond acceptors (Lipinski definition) is 1. The fourth-order valence-corrected chi connectivity index (χ4v) is 2.10. The van der Waals surface area contributed by atoms with Crippen LogP contribution in [0.15, 0.2) is 24.3 Å². The molecule has 78 valence electrons. The molecule has 0 unspecified atom stereocenters. The van der Waals surface area contributed by atoms with E-state index < -0.39 is 0 Å². The molecule has 0 fully saturated rings. The first-order chi connectivity index (χ1) is 7.22. The summed E-state index contributed by atoms with van der Waals surface area (Å²) in [6.07, 6.45) is 1.99. The third-order valence-electron chi connectivity index (χ3n) is 2.30. The zero-order valence-electron chi connectivity index (χ0n) is 8.43. The average molecular weight is 240 g/mol. The molecule has 0 aliphatic heterocycles. The lowest BCUT2D eigenvalue weighted by molar-refractivity contribution is 0.890. The third-order valence-corrected chi connectivity index (χ3v) is 2.92. The molecule has 0 amide bonds. The highest BCUT2D eigenvalue weighted by molar-refractivity contribution is 6.39. The smallest absolute Gasteiger partial charge is 0.0906 e. The first-order valence-electron chi connectivity index (χ1n) is 4.96. The number of aromatic nitrogens is 1. The van der Waals surface area contributed by atoms with Crippen LogP contribution in [0.5, 0.6) is 0 Å². The highest BCUT2D eigenvalue weighted by Crippen LogP contribution is 2.28. The van der Waals surface area contributed by atoms with Gasteiger partial charge in [-0.3, -0.25) is 4.98 Å². The molecule has 0 N–H and O–H groups in total. The van der Waals surface area contributed by atoms with Crippen molar-refractivity contribution in [3.63, 3.8) is 0 Å². The van der Waals surface area contributed by atoms with Gasteiger partial charge in [0, 0.05) is 11.1 Å². The molecule has 15 heavy (non-hydrogen) atoms. The summed E-state index contributed by atoms with van der Waals surface area (Å²) in [5.74, 6) is 0. The molecule has 0 spiro atoms. The van der Waals surface area contributed by atoms with Crippen molar-refractivity contribution < 1.29 is 0 Å². The van der Waals surface area contributed by atoms with Gasteiger partial charge in [0.2, 0.25) is 0 Å². The van der Waals surface area contributed by atoms with E-state index in [-0.39, 0.29) is 0 Å². The Morgan fingerprint density at radius 1 is 1.20 bits per heavy atom. The van der Waals surface area contributed by atoms with Gasteiger partial charge in [-0.05, 0) is 18.6 Å². The van der Waals surface area contributed by atoms with E-state index in [4.69, 9.17) is 23.2 Å². The van der Waals surface area contributed by atoms with Crippen LogP contribution in [0.2, 0.25) is 10.0 Å². The molecule has 0 aliphatic carbocycles. The summed E-state index contributed by atoms with van der Waals surface area (Å²) >= 11 is 12.3. The standard InChI is InChI=1S/C12H11Cl2N/c1-2-4-8-7-11(14)9-5-3-6-10(13)12(9)15-8/h3,5-7H,2,4H2,1H3. The second kappa shape index (κ2) is 4.38. The topological polar surface area (TPSA) is 12.9 Å². The van der Waals surface area contributed by atoms with Gasteiger partial charge in [0.15, 0.2) is 0 Å². The van der Waals surface area contributed by atoms with Crippen molar-refractivity contribution >= 4 is 34.1 Å². The Labute approximate surface area is 99.0 Å². The van der Waals surface area contributed by atoms with Crippen molar-refractivity contribution in [2.24, 2.45) is 0 Å². The summed E-state index contributed by atoms with van der Waals surface area (Å²) in [5, 5.41) is 2.31. The highest BCUT2D eigenvalue weighted by Gasteiger charge is 2.06. The van der Waals surface area contributed by atoms with Gasteiger partial charge in [-0.25, -0.2) is 0 Å². The van der Waals surface area contributed by atoms with Gasteiger partial charge in [0.05, 0.1) is 15.6 Å². The lowest BCUT2D eigenvalue weighted by Crippen LogP contribution is -1.91. The second-order valence-electron chi connectivity index (χ2n) is 3.48. The molecule has 1 heterocycles. The number of nitrogens with zero attached hydrogens (tertiary/aromatic N) is 1. The summed E-state index contributed by atoms with van der Waals surface area (Å²) in [5.41, 5.74) is 1.80. The van der Waals surface area contributed by atoms with Crippen LogP contribution in [0, 0.1) is 0 Å². The quantitative estimate of drug-likeness (QED) is 0.753. The SMILES string of the molecule is CCCc1cc(Cl)c2cccc(Cl)c2n1. The van der Waals surface area contributed by atoms with E-state index in [0.717, 1.165) is 34.5 Å². The van der Waals surface area contributed by atoms with Crippen molar-refractivity contribution in [3.8, 4) is 0 Å². The highest BCUT2D eigenvalue weighted by atomic mass is 35.5. The Kier molecular flexibility index (Phi) is 3.13. The van der Waals surface area contributed by atoms with Crippen LogP contribution in [-0.4, -0.2) is 4.98 Å². The molecular formula is C12H11Cl2N. The van der Waals surface area contributed by atoms with Gasteiger partial charge in [0.25, 0.3) is 0 Å². The van der Waals surface area contributed by atoms with Crippen LogP contribution in [0.1, 0.15) is 19.0 Å². The van der Waals surface area contributed by atoms with Gasteiger partial charge < -0.3 is 0 Å². The number of hydrogen-bond donors (Lipinski definition) is 0. The number of para-hydroxylation sites is 1. The predicted molar refractivity (Wildman–Crippen MR) is 65.8 cm³/mol. The number of rotatable bonds is 2. The Balaban J connectivity index is 2.68. The van der Waals surface area contributed by atoms with Crippen molar-refractivity contribution in [2.45, 2.75) is 19.8 Å². The normalized spacial score (nSPS) is 10.9. The Morgan fingerprint density at radius 2 is 2.00 bits per heavy atom. The molecular weight excluding hydrogens is 229 g/mol. The molecule has 0 saturated heterocycles. The summed E-state index contributed by atoms with van der Waals surface area (Å²) in [6.45, 7) is 2.12. The maximum Gasteiger partial charge on any atom is 0.0906 e. The minimum Gasteiger partial charge on any atom is -0.251 e. The van der Waals surface area contributed by atoms with Gasteiger partial charge in [-0.1, -0.05) is 48.7 Å². The van der Waals surface area contributed by atoms with Crippen LogP contribution in [-0.2, 0) is 6.42 Å². The molecule has 0 radical (unpaired) electrons. The van der Waals surface area contributed by atoms with Crippen molar-refractivity contribution in [3.05, 3.63) is 40.0 Å². The minimum absolute atomic E-state index is 0.660. The molecule has 2 rings (SSSR count). The molecule has 0 atom stereocenters. The monoisotopic (exact) mass is 239 g/mol. The molecule has 0 bridgehead atoms. The van der Waals surface area contributed by atoms with Crippen molar-refractivity contribution in [2.75, 3.05) is 0 Å². The number of halogens is 2. The van der Waals surface area contributed by atoms with E-state index in [1.54, 1.807) is 0 Å². The summed E-state index contributed by atoms with van der Waals surface area (Å²) in [4.78, 5) is 4.51. The lowest BCUT2D eigenvalue weighted by Gasteiger charge is -2.05. The molecule has 0 saturated carbocycles. The van der Waals surface area contributed by atoms with Gasteiger partial charge in [-0.15, -0.1) is 0 Å². The first-order valence-corrected chi connectivity index (χ1v) is 5.71. The van der Waals surface area contributed by atoms with E-state index in [9.17, 15) is 0 Å². The van der Waals surface area contributed by atoms with E-state index in [2.05, 4.69) is 11.9 Å². The van der Waals surface area contributed by atoms with Crippen LogP contribution in [0.25, 0.3) is 10.9 Å². The van der Waals surface area contributed by atoms with Gasteiger partial charge in [0.1, 0.15) is 0 Å². The minimum atomic E-state index is 0.660. The maximum atomic E-state index is 6.17. The predicted octanol–water partition coefficient (Wildman–Crippen LogP) is 4.49. The Hall–Kier alpha value is -0.790. The zero-order valence-corrected chi connectivity index (χ0v) is 9.94. The molecule has 3 heteroatoms. The second-order valence-corrected chi connectivity index (χ2v) is 4.30. The van der Waals surface area contributed by atoms with Gasteiger partial charge >= 0.3 is 0 Å². The van der Waals surface area contributed by atoms with Crippen LogP contribution in [0.3, 0.4) is 0 Å². The van der Waals surface area contributed by atoms with Crippen LogP contribution in [0.4, 0.5) is 0 Å². The van der Waals surface area contributed by atoms with Gasteiger partial charge in [-0.2, -0.15) is 0 Å². The number of fused-ring (bicyclic) bond motifs is 1. The van der Waals surface area contributed by atoms with Crippen LogP contribution >= 0.6 is 23.2 Å². The molecule has 1 aromatic carbocycles. The third kappa shape index (κ3) is 2.09. The number of aryl methyl sites for hydroxylation is 1. The van der Waals surface area contributed by atoms with E-state index >= 15 is 0 Å². The fourth-order valence-electron chi connectivity index (χ4n) is 1.61. The fraction of sp³-hybridized carbons (Fsp3) is 0.250. The maximum absolute atomic E-state index is 6.17. The summed E-state index contributed by atoms with van der Waals surface area (Å²) < 4.78 is 0. The molecule has 1 nitrogen and oxygen atoms in total. The Bertz CT molecular complexity index is 494. The number of pyridine rings is 1. The largest absolute Gasteiger partial charge is 0.251 e. The number of benzene rings is 1. The molecule has 0 aliphatic rings. The van der Waals surface area contributed by atoms with E-state index in [1.807, 2.05) is 24.3 Å². The summed E-state index contributed by atoms with van der Waals surface area (Å²) in [6, 6.07) is 7.58. The average Bonchev–Trinajstić information content (AvgIpc) is 2.20. The van der Waals surface area contributed by atoms with E-state index in [0.29, 0.717) is 5.02 Å². The molecule has 1 aromatic heterocycles. The zero-order chi connectivity index (χ0) is 10.8. The van der Waals surface area contributed by atoms with Crippen molar-refractivity contribution in [1.29, 1.82) is 0 Å². The first kappa shape index (κ1) is 10.7. The Morgan fingerprint density at radius 3 is 2.73 bits per heavy atom. The van der Waals surface area contributed by atoms with Crippen LogP contribution < -0.4 is 0 Å². The summed E-state index contributed by atoms with van der Waals surface area (Å²) in [7, 11) is 0. The molecule has 2 aromatic rings. The lowest BCUT2D eigenvalue weighted by atomic mass is 10.1. The van der Waals surface area contributed by atoms with E-state index in [1.165, 1.54) is 0 Å².